The molecule has 1 aliphatic rings. The minimum atomic E-state index is -3.33. The van der Waals surface area contributed by atoms with Crippen molar-refractivity contribution in [2.75, 3.05) is 6.54 Å². The maximum absolute atomic E-state index is 13.7. The lowest BCUT2D eigenvalue weighted by molar-refractivity contribution is 0.0608. The quantitative estimate of drug-likeness (QED) is 0.155. The molecule has 4 aromatic carbocycles. The van der Waals surface area contributed by atoms with Crippen LogP contribution in [0.2, 0.25) is 12.6 Å². The number of nitrogens with zero attached hydrogens (tertiary/aromatic N) is 1. The smallest absolute Gasteiger partial charge is 0.329 e. The number of ether oxygens (including phenoxy) is 2. The Morgan fingerprint density at radius 2 is 1.07 bits per heavy atom. The van der Waals surface area contributed by atoms with Crippen LogP contribution in [0.5, 0.6) is 23.0 Å². The molecule has 7 nitrogen and oxygen atoms in total. The molecule has 0 radical (unpaired) electrons. The van der Waals surface area contributed by atoms with Crippen LogP contribution in [0.15, 0.2) is 72.8 Å². The maximum atomic E-state index is 13.7. The van der Waals surface area contributed by atoms with Gasteiger partial charge in [-0.15, -0.1) is 0 Å². The van der Waals surface area contributed by atoms with Crippen LogP contribution in [0, 0.1) is 0 Å². The molecule has 0 bridgehead atoms. The van der Waals surface area contributed by atoms with Gasteiger partial charge in [0.1, 0.15) is 23.0 Å². The van der Waals surface area contributed by atoms with Gasteiger partial charge in [0.25, 0.3) is 11.8 Å². The van der Waals surface area contributed by atoms with E-state index in [0.717, 1.165) is 0 Å². The first-order chi connectivity index (χ1) is 20.5. The fourth-order valence-corrected chi connectivity index (χ4v) is 6.22. The predicted octanol–water partition coefficient (Wildman–Crippen LogP) is 8.06. The van der Waals surface area contributed by atoms with Crippen LogP contribution in [0.1, 0.15) is 79.8 Å². The molecule has 0 spiro atoms. The Kier molecular flexibility index (Phi) is 8.22. The molecule has 0 saturated carbocycles. The lowest BCUT2D eigenvalue weighted by Gasteiger charge is -2.28. The van der Waals surface area contributed by atoms with E-state index >= 15 is 0 Å². The number of hydrogen-bond acceptors (Lipinski definition) is 6. The van der Waals surface area contributed by atoms with Gasteiger partial charge in [0, 0.05) is 11.9 Å². The van der Waals surface area contributed by atoms with Crippen molar-refractivity contribution < 1.29 is 28.7 Å². The van der Waals surface area contributed by atoms with E-state index in [9.17, 15) is 19.2 Å². The fourth-order valence-electron chi connectivity index (χ4n) is 5.39. The number of rotatable bonds is 8. The summed E-state index contributed by atoms with van der Waals surface area (Å²) in [5, 5.41) is 1.19. The standard InChI is InChI=1S/C36H41NO6Si/c1-35(2,3)24-9-13-26(14-10-24)42-28-19-23-20-29(43-27-15-11-25(12-16-27)36(4,5)6)22-31-32(23)30(21-28)33(38)37(34(31)39)17-8-18-44(7,40)41/h9-16,19-22,40-41H,8,17-18H2,1-7H3. The second-order valence-electron chi connectivity index (χ2n) is 13.9. The maximum Gasteiger partial charge on any atom is 0.329 e. The Bertz CT molecular complexity index is 1590. The second kappa shape index (κ2) is 11.5. The molecule has 1 aliphatic heterocycles. The van der Waals surface area contributed by atoms with Crippen molar-refractivity contribution in [2.45, 2.75) is 71.4 Å². The first-order valence-electron chi connectivity index (χ1n) is 15.0. The van der Waals surface area contributed by atoms with Gasteiger partial charge >= 0.3 is 8.56 Å². The fraction of sp³-hybridized carbons (Fsp3) is 0.333. The Hall–Kier alpha value is -3.98. The van der Waals surface area contributed by atoms with Gasteiger partial charge in [-0.3, -0.25) is 14.5 Å². The largest absolute Gasteiger partial charge is 0.457 e. The van der Waals surface area contributed by atoms with E-state index in [1.54, 1.807) is 12.1 Å². The minimum Gasteiger partial charge on any atom is -0.457 e. The zero-order valence-corrected chi connectivity index (χ0v) is 27.5. The summed E-state index contributed by atoms with van der Waals surface area (Å²) in [6, 6.07) is 22.9. The van der Waals surface area contributed by atoms with Crippen molar-refractivity contribution in [2.24, 2.45) is 0 Å². The van der Waals surface area contributed by atoms with E-state index in [4.69, 9.17) is 9.47 Å². The molecule has 0 aromatic heterocycles. The number of imide groups is 1. The highest BCUT2D eigenvalue weighted by molar-refractivity contribution is 6.63. The molecule has 0 unspecified atom stereocenters. The van der Waals surface area contributed by atoms with E-state index in [2.05, 4.69) is 41.5 Å². The third-order valence-electron chi connectivity index (χ3n) is 7.89. The molecule has 0 atom stereocenters. The summed E-state index contributed by atoms with van der Waals surface area (Å²) in [4.78, 5) is 48.4. The molecule has 0 fully saturated rings. The molecule has 230 valence electrons. The van der Waals surface area contributed by atoms with E-state index in [1.807, 2.05) is 60.7 Å². The number of amides is 2. The summed E-state index contributed by atoms with van der Waals surface area (Å²) in [5.74, 6) is 1.30. The molecule has 2 N–H and O–H groups in total. The van der Waals surface area contributed by atoms with Crippen molar-refractivity contribution >= 4 is 31.1 Å². The van der Waals surface area contributed by atoms with Gasteiger partial charge in [-0.2, -0.15) is 0 Å². The first kappa shape index (κ1) is 31.4. The summed E-state index contributed by atoms with van der Waals surface area (Å²) >= 11 is 0. The third-order valence-corrected chi connectivity index (χ3v) is 9.19. The number of carbonyl (C=O) groups excluding carboxylic acids is 2. The summed E-state index contributed by atoms with van der Waals surface area (Å²) in [6.07, 6.45) is 0.290. The minimum absolute atomic E-state index is 0.0000870. The molecule has 0 aliphatic carbocycles. The lowest BCUT2D eigenvalue weighted by Crippen LogP contribution is -2.41. The van der Waals surface area contributed by atoms with Crippen molar-refractivity contribution in [1.29, 1.82) is 0 Å². The zero-order chi connectivity index (χ0) is 32.0. The summed E-state index contributed by atoms with van der Waals surface area (Å²) in [5.41, 5.74) is 3.06. The molecular formula is C36H41NO6Si. The zero-order valence-electron chi connectivity index (χ0n) is 26.5. The molecule has 0 saturated heterocycles. The molecule has 5 rings (SSSR count). The van der Waals surface area contributed by atoms with Crippen LogP contribution in [0.25, 0.3) is 10.8 Å². The van der Waals surface area contributed by atoms with E-state index in [1.165, 1.54) is 22.6 Å². The van der Waals surface area contributed by atoms with Crippen molar-refractivity contribution in [3.63, 3.8) is 0 Å². The molecule has 4 aromatic rings. The van der Waals surface area contributed by atoms with Crippen LogP contribution in [0.3, 0.4) is 0 Å². The second-order valence-corrected chi connectivity index (χ2v) is 16.8. The van der Waals surface area contributed by atoms with Crippen molar-refractivity contribution in [1.82, 2.24) is 4.90 Å². The normalized spacial score (nSPS) is 13.9. The Labute approximate surface area is 260 Å². The van der Waals surface area contributed by atoms with Crippen LogP contribution >= 0.6 is 0 Å². The van der Waals surface area contributed by atoms with E-state index < -0.39 is 20.4 Å². The van der Waals surface area contributed by atoms with Crippen molar-refractivity contribution in [3.8, 4) is 23.0 Å². The lowest BCUT2D eigenvalue weighted by atomic mass is 9.87. The number of hydrogen-bond donors (Lipinski definition) is 2. The number of benzene rings is 4. The SMILES string of the molecule is CC(C)(C)c1ccc(Oc2cc3c4c(cc(Oc5ccc(C(C)(C)C)cc5)cc4c2)C(=O)N(CCC[Si](C)(O)O)C3=O)cc1. The average Bonchev–Trinajstić information content (AvgIpc) is 2.92. The van der Waals surface area contributed by atoms with Gasteiger partial charge in [-0.1, -0.05) is 65.8 Å². The van der Waals surface area contributed by atoms with Gasteiger partial charge in [0.15, 0.2) is 0 Å². The van der Waals surface area contributed by atoms with Gasteiger partial charge in [0.2, 0.25) is 0 Å². The monoisotopic (exact) mass is 611 g/mol. The molecule has 8 heteroatoms. The Morgan fingerprint density at radius 3 is 1.43 bits per heavy atom. The highest BCUT2D eigenvalue weighted by Crippen LogP contribution is 2.39. The molecule has 1 heterocycles. The summed E-state index contributed by atoms with van der Waals surface area (Å²) in [6.45, 7) is 14.4. The van der Waals surface area contributed by atoms with E-state index in [0.29, 0.717) is 44.9 Å². The highest BCUT2D eigenvalue weighted by atomic mass is 28.4. The third kappa shape index (κ3) is 6.88. The van der Waals surface area contributed by atoms with Crippen LogP contribution in [-0.2, 0) is 10.8 Å². The summed E-state index contributed by atoms with van der Waals surface area (Å²) in [7, 11) is -3.33. The van der Waals surface area contributed by atoms with Crippen LogP contribution in [0.4, 0.5) is 0 Å². The topological polar surface area (TPSA) is 96.3 Å². The highest BCUT2D eigenvalue weighted by Gasteiger charge is 2.35. The van der Waals surface area contributed by atoms with Gasteiger partial charge < -0.3 is 19.1 Å². The molecular weight excluding hydrogens is 570 g/mol. The Balaban J connectivity index is 1.55. The summed E-state index contributed by atoms with van der Waals surface area (Å²) < 4.78 is 12.5. The molecule has 2 amide bonds. The van der Waals surface area contributed by atoms with Gasteiger partial charge in [-0.05, 0) is 94.9 Å². The first-order valence-corrected chi connectivity index (χ1v) is 17.6. The Morgan fingerprint density at radius 1 is 0.659 bits per heavy atom. The van der Waals surface area contributed by atoms with Crippen molar-refractivity contribution in [3.05, 3.63) is 95.1 Å². The van der Waals surface area contributed by atoms with Gasteiger partial charge in [-0.25, -0.2) is 0 Å². The average molecular weight is 612 g/mol. The predicted molar refractivity (Wildman–Crippen MR) is 175 cm³/mol. The van der Waals surface area contributed by atoms with Gasteiger partial charge in [0.05, 0.1) is 11.1 Å². The van der Waals surface area contributed by atoms with Crippen LogP contribution < -0.4 is 9.47 Å². The number of carbonyl (C=O) groups is 2. The van der Waals surface area contributed by atoms with Crippen LogP contribution in [-0.4, -0.2) is 41.4 Å². The van der Waals surface area contributed by atoms with E-state index in [-0.39, 0.29) is 29.8 Å². The molecule has 44 heavy (non-hydrogen) atoms.